The van der Waals surface area contributed by atoms with Crippen molar-refractivity contribution in [1.82, 2.24) is 9.88 Å². The molecular formula is C13H21N3O2. The summed E-state index contributed by atoms with van der Waals surface area (Å²) in [7, 11) is 1.61. The van der Waals surface area contributed by atoms with Crippen molar-refractivity contribution in [2.75, 3.05) is 20.3 Å². The van der Waals surface area contributed by atoms with Gasteiger partial charge >= 0.3 is 0 Å². The van der Waals surface area contributed by atoms with Gasteiger partial charge < -0.3 is 15.4 Å². The van der Waals surface area contributed by atoms with Gasteiger partial charge in [-0.25, -0.2) is 0 Å². The minimum absolute atomic E-state index is 0.0554. The predicted octanol–water partition coefficient (Wildman–Crippen LogP) is 0.794. The summed E-state index contributed by atoms with van der Waals surface area (Å²) >= 11 is 0. The van der Waals surface area contributed by atoms with Crippen LogP contribution >= 0.6 is 0 Å². The van der Waals surface area contributed by atoms with E-state index >= 15 is 0 Å². The Morgan fingerprint density at radius 2 is 2.33 bits per heavy atom. The van der Waals surface area contributed by atoms with E-state index < -0.39 is 6.04 Å². The molecule has 1 rings (SSSR count). The van der Waals surface area contributed by atoms with Crippen molar-refractivity contribution < 1.29 is 9.53 Å². The summed E-state index contributed by atoms with van der Waals surface area (Å²) in [5, 5.41) is 0. The first-order valence-electron chi connectivity index (χ1n) is 6.12. The van der Waals surface area contributed by atoms with E-state index in [-0.39, 0.29) is 5.91 Å². The van der Waals surface area contributed by atoms with Crippen molar-refractivity contribution in [2.45, 2.75) is 25.9 Å². The molecule has 2 N–H and O–H groups in total. The molecule has 1 aromatic heterocycles. The lowest BCUT2D eigenvalue weighted by Crippen LogP contribution is -2.44. The SMILES string of the molecule is CC[C@@H](N)C(=O)N(CCOC)Cc1ccccn1. The fraction of sp³-hybridized carbons (Fsp3) is 0.538. The van der Waals surface area contributed by atoms with Crippen LogP contribution in [-0.4, -0.2) is 42.1 Å². The molecule has 0 unspecified atom stereocenters. The Labute approximate surface area is 108 Å². The minimum atomic E-state index is -0.453. The first-order valence-corrected chi connectivity index (χ1v) is 6.12. The van der Waals surface area contributed by atoms with E-state index in [0.29, 0.717) is 26.1 Å². The molecule has 1 aromatic rings. The molecule has 5 heteroatoms. The highest BCUT2D eigenvalue weighted by atomic mass is 16.5. The number of aromatic nitrogens is 1. The molecule has 0 saturated carbocycles. The number of rotatable bonds is 7. The van der Waals surface area contributed by atoms with Crippen molar-refractivity contribution in [1.29, 1.82) is 0 Å². The second kappa shape index (κ2) is 7.79. The monoisotopic (exact) mass is 251 g/mol. The second-order valence-corrected chi connectivity index (χ2v) is 4.09. The van der Waals surface area contributed by atoms with Crippen LogP contribution in [0.5, 0.6) is 0 Å². The lowest BCUT2D eigenvalue weighted by molar-refractivity contribution is -0.134. The van der Waals surface area contributed by atoms with E-state index in [1.54, 1.807) is 18.2 Å². The molecule has 0 radical (unpaired) electrons. The number of nitrogens with zero attached hydrogens (tertiary/aromatic N) is 2. The van der Waals surface area contributed by atoms with Crippen LogP contribution in [0, 0.1) is 0 Å². The zero-order valence-electron chi connectivity index (χ0n) is 11.0. The Morgan fingerprint density at radius 1 is 1.56 bits per heavy atom. The molecule has 1 amide bonds. The highest BCUT2D eigenvalue weighted by Crippen LogP contribution is 2.04. The summed E-state index contributed by atoms with van der Waals surface area (Å²) in [4.78, 5) is 18.0. The van der Waals surface area contributed by atoms with Crippen LogP contribution in [0.4, 0.5) is 0 Å². The molecule has 0 aliphatic heterocycles. The van der Waals surface area contributed by atoms with Crippen molar-refractivity contribution in [3.63, 3.8) is 0 Å². The van der Waals surface area contributed by atoms with Gasteiger partial charge in [-0.1, -0.05) is 13.0 Å². The molecule has 1 heterocycles. The number of carbonyl (C=O) groups is 1. The van der Waals surface area contributed by atoms with Crippen molar-refractivity contribution in [3.8, 4) is 0 Å². The number of amides is 1. The van der Waals surface area contributed by atoms with Gasteiger partial charge in [-0.05, 0) is 18.6 Å². The maximum Gasteiger partial charge on any atom is 0.239 e. The summed E-state index contributed by atoms with van der Waals surface area (Å²) in [5.74, 6) is -0.0554. The van der Waals surface area contributed by atoms with E-state index in [9.17, 15) is 4.79 Å². The number of hydrogen-bond acceptors (Lipinski definition) is 4. The van der Waals surface area contributed by atoms with Gasteiger partial charge in [0.2, 0.25) is 5.91 Å². The number of nitrogens with two attached hydrogens (primary N) is 1. The average Bonchev–Trinajstić information content (AvgIpc) is 2.42. The summed E-state index contributed by atoms with van der Waals surface area (Å²) < 4.78 is 5.02. The second-order valence-electron chi connectivity index (χ2n) is 4.09. The third-order valence-electron chi connectivity index (χ3n) is 2.71. The van der Waals surface area contributed by atoms with Crippen LogP contribution in [-0.2, 0) is 16.1 Å². The van der Waals surface area contributed by atoms with Crippen LogP contribution < -0.4 is 5.73 Å². The fourth-order valence-electron chi connectivity index (χ4n) is 1.56. The third kappa shape index (κ3) is 4.43. The zero-order valence-corrected chi connectivity index (χ0v) is 11.0. The summed E-state index contributed by atoms with van der Waals surface area (Å²) in [5.41, 5.74) is 6.64. The number of ether oxygens (including phenoxy) is 1. The Kier molecular flexibility index (Phi) is 6.32. The molecule has 0 spiro atoms. The number of pyridine rings is 1. The van der Waals surface area contributed by atoms with Crippen LogP contribution in [0.25, 0.3) is 0 Å². The molecule has 0 aliphatic rings. The molecule has 0 fully saturated rings. The molecule has 0 saturated heterocycles. The first kappa shape index (κ1) is 14.6. The largest absolute Gasteiger partial charge is 0.383 e. The van der Waals surface area contributed by atoms with Crippen LogP contribution in [0.3, 0.4) is 0 Å². The topological polar surface area (TPSA) is 68.5 Å². The molecule has 0 bridgehead atoms. The normalized spacial score (nSPS) is 12.2. The molecule has 5 nitrogen and oxygen atoms in total. The smallest absolute Gasteiger partial charge is 0.239 e. The van der Waals surface area contributed by atoms with Gasteiger partial charge in [-0.3, -0.25) is 9.78 Å². The molecule has 0 aliphatic carbocycles. The van der Waals surface area contributed by atoms with Gasteiger partial charge in [0.15, 0.2) is 0 Å². The highest BCUT2D eigenvalue weighted by molar-refractivity contribution is 5.81. The lowest BCUT2D eigenvalue weighted by Gasteiger charge is -2.24. The van der Waals surface area contributed by atoms with E-state index in [1.807, 2.05) is 25.1 Å². The van der Waals surface area contributed by atoms with E-state index in [1.165, 1.54) is 0 Å². The molecular weight excluding hydrogens is 230 g/mol. The van der Waals surface area contributed by atoms with Gasteiger partial charge in [-0.2, -0.15) is 0 Å². The molecule has 18 heavy (non-hydrogen) atoms. The van der Waals surface area contributed by atoms with Crippen LogP contribution in [0.2, 0.25) is 0 Å². The van der Waals surface area contributed by atoms with E-state index in [4.69, 9.17) is 10.5 Å². The van der Waals surface area contributed by atoms with Crippen LogP contribution in [0.1, 0.15) is 19.0 Å². The lowest BCUT2D eigenvalue weighted by atomic mass is 10.2. The number of methoxy groups -OCH3 is 1. The molecule has 1 atom stereocenters. The van der Waals surface area contributed by atoms with E-state index in [0.717, 1.165) is 5.69 Å². The standard InChI is InChI=1S/C13H21N3O2/c1-3-12(14)13(17)16(8-9-18-2)10-11-6-4-5-7-15-11/h4-7,12H,3,8-10,14H2,1-2H3/t12-/m1/s1. The van der Waals surface area contributed by atoms with Crippen molar-refractivity contribution >= 4 is 5.91 Å². The summed E-state index contributed by atoms with van der Waals surface area (Å²) in [6.45, 7) is 3.39. The maximum atomic E-state index is 12.1. The average molecular weight is 251 g/mol. The Morgan fingerprint density at radius 3 is 2.89 bits per heavy atom. The third-order valence-corrected chi connectivity index (χ3v) is 2.71. The minimum Gasteiger partial charge on any atom is -0.383 e. The van der Waals surface area contributed by atoms with Gasteiger partial charge in [0.05, 0.1) is 24.9 Å². The fourth-order valence-corrected chi connectivity index (χ4v) is 1.56. The highest BCUT2D eigenvalue weighted by Gasteiger charge is 2.19. The predicted molar refractivity (Wildman–Crippen MR) is 69.8 cm³/mol. The number of hydrogen-bond donors (Lipinski definition) is 1. The summed E-state index contributed by atoms with van der Waals surface area (Å²) in [6.07, 6.45) is 2.35. The van der Waals surface area contributed by atoms with Crippen molar-refractivity contribution in [2.24, 2.45) is 5.73 Å². The summed E-state index contributed by atoms with van der Waals surface area (Å²) in [6, 6.07) is 5.19. The quantitative estimate of drug-likeness (QED) is 0.778. The molecule has 100 valence electrons. The number of carbonyl (C=O) groups excluding carboxylic acids is 1. The molecule has 0 aromatic carbocycles. The Bertz CT molecular complexity index is 357. The van der Waals surface area contributed by atoms with E-state index in [2.05, 4.69) is 4.98 Å². The van der Waals surface area contributed by atoms with Gasteiger partial charge in [0, 0.05) is 19.9 Å². The Balaban J connectivity index is 2.69. The van der Waals surface area contributed by atoms with Gasteiger partial charge in [0.25, 0.3) is 0 Å². The van der Waals surface area contributed by atoms with Crippen molar-refractivity contribution in [3.05, 3.63) is 30.1 Å². The van der Waals surface area contributed by atoms with Crippen LogP contribution in [0.15, 0.2) is 24.4 Å². The van der Waals surface area contributed by atoms with Gasteiger partial charge in [-0.15, -0.1) is 0 Å². The Hall–Kier alpha value is -1.46. The first-order chi connectivity index (χ1) is 8.69. The maximum absolute atomic E-state index is 12.1. The van der Waals surface area contributed by atoms with Gasteiger partial charge in [0.1, 0.15) is 0 Å². The zero-order chi connectivity index (χ0) is 13.4.